The van der Waals surface area contributed by atoms with E-state index in [0.29, 0.717) is 18.5 Å². The number of hydrogen-bond donors (Lipinski definition) is 1. The Hall–Kier alpha value is -0.810. The lowest BCUT2D eigenvalue weighted by molar-refractivity contribution is 0.0244. The van der Waals surface area contributed by atoms with Gasteiger partial charge in [-0.15, -0.1) is 16.7 Å². The number of aromatic nitrogens is 2. The first-order chi connectivity index (χ1) is 7.75. The fourth-order valence-electron chi connectivity index (χ4n) is 1.64. The molecular formula is C10H16ClN3O2. The summed E-state index contributed by atoms with van der Waals surface area (Å²) in [5.41, 5.74) is 0. The molecule has 1 aromatic rings. The number of alkyl halides is 1. The molecule has 5 nitrogen and oxygen atoms in total. The van der Waals surface area contributed by atoms with Crippen LogP contribution in [0.2, 0.25) is 0 Å². The summed E-state index contributed by atoms with van der Waals surface area (Å²) >= 11 is 5.82. The van der Waals surface area contributed by atoms with Gasteiger partial charge in [0.15, 0.2) is 0 Å². The number of halogens is 1. The predicted molar refractivity (Wildman–Crippen MR) is 60.6 cm³/mol. The molecule has 1 aromatic heterocycles. The second-order valence-corrected chi connectivity index (χ2v) is 4.59. The predicted octanol–water partition coefficient (Wildman–Crippen LogP) is 2.35. The van der Waals surface area contributed by atoms with Crippen molar-refractivity contribution < 1.29 is 9.15 Å². The zero-order valence-electron chi connectivity index (χ0n) is 9.28. The first-order valence-corrected chi connectivity index (χ1v) is 6.02. The standard InChI is InChI=1S/C10H16ClN3O2/c1-7(11)9-13-14-10(16-9)12-6-8-4-2-3-5-15-8/h7-8H,2-6H2,1H3,(H,12,14). The Labute approximate surface area is 99.5 Å². The van der Waals surface area contributed by atoms with Crippen LogP contribution in [0.25, 0.3) is 0 Å². The van der Waals surface area contributed by atoms with Gasteiger partial charge in [0.25, 0.3) is 0 Å². The highest BCUT2D eigenvalue weighted by molar-refractivity contribution is 6.20. The van der Waals surface area contributed by atoms with E-state index in [1.165, 1.54) is 6.42 Å². The molecule has 1 aliphatic rings. The molecule has 16 heavy (non-hydrogen) atoms. The molecule has 0 aromatic carbocycles. The SMILES string of the molecule is CC(Cl)c1nnc(NCC2CCCCO2)o1. The van der Waals surface area contributed by atoms with E-state index in [2.05, 4.69) is 15.5 Å². The third-order valence-electron chi connectivity index (χ3n) is 2.54. The molecule has 0 aliphatic carbocycles. The molecular weight excluding hydrogens is 230 g/mol. The van der Waals surface area contributed by atoms with Crippen LogP contribution in [0, 0.1) is 0 Å². The number of anilines is 1. The van der Waals surface area contributed by atoms with Crippen LogP contribution in [0.1, 0.15) is 37.5 Å². The summed E-state index contributed by atoms with van der Waals surface area (Å²) in [6.45, 7) is 3.35. The van der Waals surface area contributed by atoms with Crippen molar-refractivity contribution in [3.63, 3.8) is 0 Å². The second kappa shape index (κ2) is 5.50. The van der Waals surface area contributed by atoms with Gasteiger partial charge in [0.1, 0.15) is 5.38 Å². The average molecular weight is 246 g/mol. The fraction of sp³-hybridized carbons (Fsp3) is 0.800. The summed E-state index contributed by atoms with van der Waals surface area (Å²) in [4.78, 5) is 0. The van der Waals surface area contributed by atoms with Crippen molar-refractivity contribution >= 4 is 17.6 Å². The lowest BCUT2D eigenvalue weighted by atomic mass is 10.1. The normalized spacial score (nSPS) is 23.0. The monoisotopic (exact) mass is 245 g/mol. The second-order valence-electron chi connectivity index (χ2n) is 3.93. The molecule has 90 valence electrons. The van der Waals surface area contributed by atoms with Crippen LogP contribution < -0.4 is 5.32 Å². The molecule has 0 bridgehead atoms. The highest BCUT2D eigenvalue weighted by atomic mass is 35.5. The van der Waals surface area contributed by atoms with E-state index in [1.54, 1.807) is 6.92 Å². The van der Waals surface area contributed by atoms with E-state index in [9.17, 15) is 0 Å². The van der Waals surface area contributed by atoms with Crippen molar-refractivity contribution in [1.29, 1.82) is 0 Å². The zero-order valence-corrected chi connectivity index (χ0v) is 10.0. The molecule has 2 rings (SSSR count). The van der Waals surface area contributed by atoms with Gasteiger partial charge in [0, 0.05) is 13.2 Å². The van der Waals surface area contributed by atoms with Crippen molar-refractivity contribution in [2.24, 2.45) is 0 Å². The Kier molecular flexibility index (Phi) is 4.01. The van der Waals surface area contributed by atoms with Gasteiger partial charge in [0.05, 0.1) is 6.10 Å². The first kappa shape index (κ1) is 11.7. The number of nitrogens with one attached hydrogen (secondary N) is 1. The minimum absolute atomic E-state index is 0.248. The van der Waals surface area contributed by atoms with E-state index >= 15 is 0 Å². The summed E-state index contributed by atoms with van der Waals surface area (Å²) < 4.78 is 10.9. The largest absolute Gasteiger partial charge is 0.407 e. The smallest absolute Gasteiger partial charge is 0.315 e. The third-order valence-corrected chi connectivity index (χ3v) is 2.72. The fourth-order valence-corrected chi connectivity index (χ4v) is 1.72. The van der Waals surface area contributed by atoms with Crippen molar-refractivity contribution in [2.45, 2.75) is 37.7 Å². The molecule has 0 amide bonds. The first-order valence-electron chi connectivity index (χ1n) is 5.58. The molecule has 1 aliphatic heterocycles. The Bertz CT molecular complexity index is 324. The molecule has 6 heteroatoms. The Morgan fingerprint density at radius 2 is 2.38 bits per heavy atom. The van der Waals surface area contributed by atoms with Gasteiger partial charge in [-0.1, -0.05) is 5.10 Å². The van der Waals surface area contributed by atoms with Gasteiger partial charge in [-0.2, -0.15) is 0 Å². The summed E-state index contributed by atoms with van der Waals surface area (Å²) in [5.74, 6) is 0.439. The quantitative estimate of drug-likeness (QED) is 0.825. The van der Waals surface area contributed by atoms with Crippen LogP contribution in [-0.4, -0.2) is 29.5 Å². The molecule has 0 radical (unpaired) electrons. The summed E-state index contributed by atoms with van der Waals surface area (Å²) in [6.07, 6.45) is 3.71. The number of hydrogen-bond acceptors (Lipinski definition) is 5. The molecule has 2 heterocycles. The lowest BCUT2D eigenvalue weighted by Crippen LogP contribution is -2.27. The van der Waals surface area contributed by atoms with Crippen LogP contribution in [0.4, 0.5) is 6.01 Å². The minimum atomic E-state index is -0.256. The van der Waals surface area contributed by atoms with Crippen LogP contribution in [-0.2, 0) is 4.74 Å². The summed E-state index contributed by atoms with van der Waals surface area (Å²) in [6, 6.07) is 0.414. The molecule has 1 fully saturated rings. The van der Waals surface area contributed by atoms with E-state index < -0.39 is 0 Å². The van der Waals surface area contributed by atoms with Crippen molar-refractivity contribution in [3.8, 4) is 0 Å². The maximum absolute atomic E-state index is 5.82. The number of ether oxygens (including phenoxy) is 1. The molecule has 0 spiro atoms. The van der Waals surface area contributed by atoms with Crippen LogP contribution >= 0.6 is 11.6 Å². The van der Waals surface area contributed by atoms with Gasteiger partial charge in [-0.3, -0.25) is 0 Å². The molecule has 2 unspecified atom stereocenters. The van der Waals surface area contributed by atoms with E-state index in [1.807, 2.05) is 0 Å². The Morgan fingerprint density at radius 3 is 3.00 bits per heavy atom. The van der Waals surface area contributed by atoms with Gasteiger partial charge >= 0.3 is 6.01 Å². The third kappa shape index (κ3) is 3.09. The van der Waals surface area contributed by atoms with E-state index in [0.717, 1.165) is 19.4 Å². The maximum Gasteiger partial charge on any atom is 0.315 e. The maximum atomic E-state index is 5.82. The van der Waals surface area contributed by atoms with Crippen LogP contribution in [0.15, 0.2) is 4.42 Å². The molecule has 0 saturated carbocycles. The summed E-state index contributed by atoms with van der Waals surface area (Å²) in [5, 5.41) is 10.5. The van der Waals surface area contributed by atoms with Crippen molar-refractivity contribution in [1.82, 2.24) is 10.2 Å². The van der Waals surface area contributed by atoms with Crippen molar-refractivity contribution in [3.05, 3.63) is 5.89 Å². The molecule has 1 N–H and O–H groups in total. The molecule has 1 saturated heterocycles. The topological polar surface area (TPSA) is 60.2 Å². The summed E-state index contributed by atoms with van der Waals surface area (Å²) in [7, 11) is 0. The van der Waals surface area contributed by atoms with Gasteiger partial charge in [-0.05, 0) is 26.2 Å². The van der Waals surface area contributed by atoms with Gasteiger partial charge in [0.2, 0.25) is 5.89 Å². The Balaban J connectivity index is 1.79. The van der Waals surface area contributed by atoms with Crippen LogP contribution in [0.3, 0.4) is 0 Å². The highest BCUT2D eigenvalue weighted by Gasteiger charge is 2.15. The van der Waals surface area contributed by atoms with E-state index in [-0.39, 0.29) is 11.5 Å². The zero-order chi connectivity index (χ0) is 11.4. The highest BCUT2D eigenvalue weighted by Crippen LogP contribution is 2.19. The Morgan fingerprint density at radius 1 is 1.50 bits per heavy atom. The minimum Gasteiger partial charge on any atom is -0.407 e. The average Bonchev–Trinajstić information content (AvgIpc) is 2.76. The van der Waals surface area contributed by atoms with Gasteiger partial charge < -0.3 is 14.5 Å². The van der Waals surface area contributed by atoms with Crippen LogP contribution in [0.5, 0.6) is 0 Å². The lowest BCUT2D eigenvalue weighted by Gasteiger charge is -2.22. The number of rotatable bonds is 4. The molecule has 2 atom stereocenters. The van der Waals surface area contributed by atoms with Crippen molar-refractivity contribution in [2.75, 3.05) is 18.5 Å². The number of nitrogens with zero attached hydrogens (tertiary/aromatic N) is 2. The van der Waals surface area contributed by atoms with E-state index in [4.69, 9.17) is 20.8 Å². The van der Waals surface area contributed by atoms with Gasteiger partial charge in [-0.25, -0.2) is 0 Å².